The number of hydrogen-bond donors (Lipinski definition) is 3. The van der Waals surface area contributed by atoms with Gasteiger partial charge in [-0.05, 0) is 18.2 Å². The lowest BCUT2D eigenvalue weighted by Gasteiger charge is -2.12. The zero-order valence-electron chi connectivity index (χ0n) is 10.5. The molecular formula is C11H14FNO6S. The van der Waals surface area contributed by atoms with Crippen LogP contribution in [-0.2, 0) is 14.8 Å². The van der Waals surface area contributed by atoms with Crippen molar-refractivity contribution in [3.8, 4) is 0 Å². The van der Waals surface area contributed by atoms with Crippen LogP contribution in [0.5, 0.6) is 0 Å². The molecule has 0 heterocycles. The predicted octanol–water partition coefficient (Wildman–Crippen LogP) is -0.190. The van der Waals surface area contributed by atoms with E-state index in [4.69, 9.17) is 5.11 Å². The fourth-order valence-corrected chi connectivity index (χ4v) is 2.52. The molecule has 112 valence electrons. The van der Waals surface area contributed by atoms with E-state index in [1.54, 1.807) is 0 Å². The molecule has 0 saturated carbocycles. The van der Waals surface area contributed by atoms with Crippen LogP contribution in [0.25, 0.3) is 0 Å². The summed E-state index contributed by atoms with van der Waals surface area (Å²) in [6.45, 7) is -0.431. The molecule has 1 aromatic carbocycles. The Bertz CT molecular complexity index is 589. The molecule has 20 heavy (non-hydrogen) atoms. The van der Waals surface area contributed by atoms with Crippen LogP contribution in [0.3, 0.4) is 0 Å². The second-order valence-electron chi connectivity index (χ2n) is 3.91. The number of methoxy groups -OCH3 is 1. The third-order valence-electron chi connectivity index (χ3n) is 2.34. The van der Waals surface area contributed by atoms with Gasteiger partial charge >= 0.3 is 5.97 Å². The lowest BCUT2D eigenvalue weighted by Crippen LogP contribution is -2.34. The van der Waals surface area contributed by atoms with Crippen LogP contribution in [0.15, 0.2) is 23.1 Å². The molecule has 1 unspecified atom stereocenters. The number of aliphatic hydroxyl groups is 1. The summed E-state index contributed by atoms with van der Waals surface area (Å²) in [5.41, 5.74) is -0.360. The Balaban J connectivity index is 2.90. The van der Waals surface area contributed by atoms with E-state index >= 15 is 0 Å². The number of carbonyl (C=O) groups is 1. The van der Waals surface area contributed by atoms with Crippen LogP contribution in [0.2, 0.25) is 0 Å². The monoisotopic (exact) mass is 307 g/mol. The van der Waals surface area contributed by atoms with Crippen LogP contribution in [-0.4, -0.2) is 51.0 Å². The fraction of sp³-hybridized carbons (Fsp3) is 0.364. The van der Waals surface area contributed by atoms with E-state index in [1.807, 2.05) is 4.72 Å². The van der Waals surface area contributed by atoms with Gasteiger partial charge in [0.25, 0.3) is 0 Å². The molecule has 1 aromatic rings. The molecule has 0 spiro atoms. The van der Waals surface area contributed by atoms with Gasteiger partial charge in [0.2, 0.25) is 10.0 Å². The minimum Gasteiger partial charge on any atom is -0.478 e. The molecule has 7 nitrogen and oxygen atoms in total. The molecule has 0 amide bonds. The van der Waals surface area contributed by atoms with E-state index in [2.05, 4.69) is 4.74 Å². The summed E-state index contributed by atoms with van der Waals surface area (Å²) in [5.74, 6) is -2.55. The van der Waals surface area contributed by atoms with Gasteiger partial charge in [0.15, 0.2) is 0 Å². The normalized spacial score (nSPS) is 13.2. The SMILES string of the molecule is COCC(O)CNS(=O)(=O)c1ccc(C(=O)O)cc1F. The molecule has 9 heteroatoms. The van der Waals surface area contributed by atoms with E-state index in [1.165, 1.54) is 7.11 Å². The van der Waals surface area contributed by atoms with Gasteiger partial charge in [-0.3, -0.25) is 0 Å². The number of hydrogen-bond acceptors (Lipinski definition) is 5. The number of rotatable bonds is 7. The van der Waals surface area contributed by atoms with Crippen LogP contribution < -0.4 is 4.72 Å². The van der Waals surface area contributed by atoms with Gasteiger partial charge in [-0.1, -0.05) is 0 Å². The first kappa shape index (κ1) is 16.5. The van der Waals surface area contributed by atoms with Gasteiger partial charge < -0.3 is 14.9 Å². The van der Waals surface area contributed by atoms with Crippen LogP contribution in [0.4, 0.5) is 4.39 Å². The van der Waals surface area contributed by atoms with Crippen molar-refractivity contribution < 1.29 is 32.6 Å². The van der Waals surface area contributed by atoms with Crippen molar-refractivity contribution in [1.82, 2.24) is 4.72 Å². The summed E-state index contributed by atoms with van der Waals surface area (Å²) in [4.78, 5) is 9.93. The Labute approximate surface area is 115 Å². The molecule has 0 aromatic heterocycles. The Kier molecular flexibility index (Phi) is 5.57. The molecule has 0 aliphatic rings. The highest BCUT2D eigenvalue weighted by molar-refractivity contribution is 7.89. The second kappa shape index (κ2) is 6.75. The van der Waals surface area contributed by atoms with Gasteiger partial charge in [-0.2, -0.15) is 0 Å². The third kappa shape index (κ3) is 4.23. The molecular weight excluding hydrogens is 293 g/mol. The number of aliphatic hydroxyl groups excluding tert-OH is 1. The number of ether oxygens (including phenoxy) is 1. The average Bonchev–Trinajstić information content (AvgIpc) is 2.36. The van der Waals surface area contributed by atoms with E-state index in [0.717, 1.165) is 12.1 Å². The van der Waals surface area contributed by atoms with E-state index < -0.39 is 32.8 Å². The lowest BCUT2D eigenvalue weighted by atomic mass is 10.2. The van der Waals surface area contributed by atoms with Gasteiger partial charge in [0, 0.05) is 13.7 Å². The maximum Gasteiger partial charge on any atom is 0.335 e. The van der Waals surface area contributed by atoms with E-state index in [9.17, 15) is 22.7 Å². The van der Waals surface area contributed by atoms with Gasteiger partial charge in [-0.25, -0.2) is 22.3 Å². The van der Waals surface area contributed by atoms with Gasteiger partial charge in [0.1, 0.15) is 10.7 Å². The highest BCUT2D eigenvalue weighted by Gasteiger charge is 2.21. The molecule has 1 atom stereocenters. The minimum atomic E-state index is -4.18. The van der Waals surface area contributed by atoms with Gasteiger partial charge in [0.05, 0.1) is 18.3 Å². The molecule has 0 aliphatic heterocycles. The number of sulfonamides is 1. The summed E-state index contributed by atoms with van der Waals surface area (Å²) in [6, 6.07) is 2.44. The van der Waals surface area contributed by atoms with Crippen LogP contribution >= 0.6 is 0 Å². The summed E-state index contributed by atoms with van der Waals surface area (Å²) in [5, 5.41) is 18.0. The first-order chi connectivity index (χ1) is 9.27. The molecule has 3 N–H and O–H groups in total. The third-order valence-corrected chi connectivity index (χ3v) is 3.79. The van der Waals surface area contributed by atoms with Crippen molar-refractivity contribution in [2.45, 2.75) is 11.0 Å². The Morgan fingerprint density at radius 1 is 1.50 bits per heavy atom. The molecule has 0 aliphatic carbocycles. The van der Waals surface area contributed by atoms with Crippen molar-refractivity contribution in [3.63, 3.8) is 0 Å². The van der Waals surface area contributed by atoms with Crippen LogP contribution in [0.1, 0.15) is 10.4 Å². The first-order valence-corrected chi connectivity index (χ1v) is 6.95. The van der Waals surface area contributed by atoms with Crippen molar-refractivity contribution in [3.05, 3.63) is 29.6 Å². The van der Waals surface area contributed by atoms with E-state index in [0.29, 0.717) is 6.07 Å². The molecule has 0 saturated heterocycles. The van der Waals surface area contributed by atoms with Crippen molar-refractivity contribution in [2.75, 3.05) is 20.3 Å². The number of benzene rings is 1. The summed E-state index contributed by atoms with van der Waals surface area (Å²) in [7, 11) is -2.84. The fourth-order valence-electron chi connectivity index (χ4n) is 1.39. The summed E-state index contributed by atoms with van der Waals surface area (Å²) >= 11 is 0. The van der Waals surface area contributed by atoms with Crippen LogP contribution in [0, 0.1) is 5.82 Å². The highest BCUT2D eigenvalue weighted by Crippen LogP contribution is 2.16. The van der Waals surface area contributed by atoms with Crippen molar-refractivity contribution in [2.24, 2.45) is 0 Å². The lowest BCUT2D eigenvalue weighted by molar-refractivity contribution is 0.0679. The maximum absolute atomic E-state index is 13.6. The van der Waals surface area contributed by atoms with Crippen molar-refractivity contribution >= 4 is 16.0 Å². The first-order valence-electron chi connectivity index (χ1n) is 5.47. The number of aromatic carboxylic acids is 1. The highest BCUT2D eigenvalue weighted by atomic mass is 32.2. The molecule has 0 fully saturated rings. The molecule has 0 bridgehead atoms. The summed E-state index contributed by atoms with van der Waals surface area (Å²) in [6.07, 6.45) is -1.07. The smallest absolute Gasteiger partial charge is 0.335 e. The standard InChI is InChI=1S/C11H14FNO6S/c1-19-6-8(14)5-13-20(17,18)10-3-2-7(11(15)16)4-9(10)12/h2-4,8,13-14H,5-6H2,1H3,(H,15,16). The molecule has 0 radical (unpaired) electrons. The number of carboxylic acids is 1. The summed E-state index contributed by atoms with van der Waals surface area (Å²) < 4.78 is 43.8. The zero-order chi connectivity index (χ0) is 15.3. The second-order valence-corrected chi connectivity index (χ2v) is 5.65. The van der Waals surface area contributed by atoms with E-state index in [-0.39, 0.29) is 18.7 Å². The topological polar surface area (TPSA) is 113 Å². The Morgan fingerprint density at radius 2 is 2.15 bits per heavy atom. The predicted molar refractivity (Wildman–Crippen MR) is 66.4 cm³/mol. The Morgan fingerprint density at radius 3 is 2.65 bits per heavy atom. The number of carboxylic acid groups (broad SMARTS) is 1. The van der Waals surface area contributed by atoms with Crippen molar-refractivity contribution in [1.29, 1.82) is 0 Å². The maximum atomic E-state index is 13.6. The number of halogens is 1. The van der Waals surface area contributed by atoms with Gasteiger partial charge in [-0.15, -0.1) is 0 Å². The zero-order valence-corrected chi connectivity index (χ0v) is 11.4. The number of nitrogens with one attached hydrogen (secondary N) is 1. The Hall–Kier alpha value is -1.55. The molecule has 1 rings (SSSR count). The quantitative estimate of drug-likeness (QED) is 0.643. The minimum absolute atomic E-state index is 0.0804. The largest absolute Gasteiger partial charge is 0.478 e. The average molecular weight is 307 g/mol.